The Kier molecular flexibility index (Phi) is 4.32. The summed E-state index contributed by atoms with van der Waals surface area (Å²) in [6.45, 7) is 3.95. The van der Waals surface area contributed by atoms with Crippen LogP contribution in [0.1, 0.15) is 30.7 Å². The van der Waals surface area contributed by atoms with E-state index in [-0.39, 0.29) is 5.82 Å². The number of nitrogens with one attached hydrogen (secondary N) is 1. The molecule has 5 heteroatoms. The highest BCUT2D eigenvalue weighted by atomic mass is 19.1. The summed E-state index contributed by atoms with van der Waals surface area (Å²) in [7, 11) is 0. The number of hydrogen-bond donors (Lipinski definition) is 1. The maximum Gasteiger partial charge on any atom is 0.123 e. The largest absolute Gasteiger partial charge is 0.381 e. The van der Waals surface area contributed by atoms with Gasteiger partial charge in [0.25, 0.3) is 0 Å². The van der Waals surface area contributed by atoms with Gasteiger partial charge in [-0.1, -0.05) is 18.6 Å². The molecule has 0 spiro atoms. The van der Waals surface area contributed by atoms with Crippen molar-refractivity contribution in [3.63, 3.8) is 0 Å². The summed E-state index contributed by atoms with van der Waals surface area (Å²) in [5, 5.41) is 3.46. The molecule has 4 nitrogen and oxygen atoms in total. The summed E-state index contributed by atoms with van der Waals surface area (Å²) in [5.74, 6) is 1.01. The average molecular weight is 364 g/mol. The average Bonchev–Trinajstić information content (AvgIpc) is 2.86. The van der Waals surface area contributed by atoms with Crippen molar-refractivity contribution in [1.29, 1.82) is 0 Å². The van der Waals surface area contributed by atoms with Crippen LogP contribution >= 0.6 is 0 Å². The van der Waals surface area contributed by atoms with E-state index in [0.29, 0.717) is 6.54 Å². The van der Waals surface area contributed by atoms with Crippen molar-refractivity contribution in [3.05, 3.63) is 59.7 Å². The maximum atomic E-state index is 13.1. The molecule has 2 heterocycles. The standard InChI is InChI=1S/C22H25FN4/c23-17-6-4-16(5-7-17)15-24-18-8-9-20-21(14-18)27-13-12-26(19-2-1-3-19)11-10-22(27)25-20/h4-9,14,19,24H,1-3,10-13,15H2. The lowest BCUT2D eigenvalue weighted by molar-refractivity contribution is 0.130. The molecule has 27 heavy (non-hydrogen) atoms. The van der Waals surface area contributed by atoms with Gasteiger partial charge < -0.3 is 9.88 Å². The van der Waals surface area contributed by atoms with Crippen LogP contribution in [0.3, 0.4) is 0 Å². The molecule has 0 radical (unpaired) electrons. The quantitative estimate of drug-likeness (QED) is 0.753. The first-order chi connectivity index (χ1) is 13.3. The summed E-state index contributed by atoms with van der Waals surface area (Å²) in [5.41, 5.74) is 4.44. The Morgan fingerprint density at radius 2 is 1.89 bits per heavy atom. The fourth-order valence-electron chi connectivity index (χ4n) is 4.23. The van der Waals surface area contributed by atoms with E-state index in [9.17, 15) is 4.39 Å². The molecular weight excluding hydrogens is 339 g/mol. The number of imidazole rings is 1. The van der Waals surface area contributed by atoms with Gasteiger partial charge in [0, 0.05) is 44.3 Å². The summed E-state index contributed by atoms with van der Waals surface area (Å²) >= 11 is 0. The molecule has 0 saturated heterocycles. The van der Waals surface area contributed by atoms with Gasteiger partial charge in [-0.25, -0.2) is 9.37 Å². The zero-order valence-electron chi connectivity index (χ0n) is 15.5. The van der Waals surface area contributed by atoms with Crippen molar-refractivity contribution in [2.45, 2.75) is 44.8 Å². The predicted molar refractivity (Wildman–Crippen MR) is 106 cm³/mol. The van der Waals surface area contributed by atoms with Crippen molar-refractivity contribution in [2.75, 3.05) is 18.4 Å². The number of aromatic nitrogens is 2. The molecular formula is C22H25FN4. The van der Waals surface area contributed by atoms with Gasteiger partial charge >= 0.3 is 0 Å². The van der Waals surface area contributed by atoms with E-state index >= 15 is 0 Å². The van der Waals surface area contributed by atoms with Crippen molar-refractivity contribution < 1.29 is 4.39 Å². The lowest BCUT2D eigenvalue weighted by atomic mass is 9.91. The third-order valence-corrected chi connectivity index (χ3v) is 6.06. The monoisotopic (exact) mass is 364 g/mol. The fraction of sp³-hybridized carbons (Fsp3) is 0.409. The molecule has 0 bridgehead atoms. The van der Waals surface area contributed by atoms with E-state index in [4.69, 9.17) is 4.98 Å². The number of anilines is 1. The second-order valence-electron chi connectivity index (χ2n) is 7.73. The first kappa shape index (κ1) is 16.8. The minimum Gasteiger partial charge on any atom is -0.381 e. The number of hydrogen-bond acceptors (Lipinski definition) is 3. The Morgan fingerprint density at radius 3 is 2.67 bits per heavy atom. The zero-order chi connectivity index (χ0) is 18.2. The van der Waals surface area contributed by atoms with E-state index in [0.717, 1.165) is 48.9 Å². The van der Waals surface area contributed by atoms with Crippen LogP contribution in [-0.2, 0) is 19.5 Å². The highest BCUT2D eigenvalue weighted by molar-refractivity contribution is 5.80. The van der Waals surface area contributed by atoms with E-state index in [1.165, 1.54) is 42.7 Å². The normalized spacial score (nSPS) is 18.1. The second kappa shape index (κ2) is 6.97. The van der Waals surface area contributed by atoms with Crippen LogP contribution in [0.15, 0.2) is 42.5 Å². The van der Waals surface area contributed by atoms with Gasteiger partial charge in [0.15, 0.2) is 0 Å². The molecule has 2 aromatic carbocycles. The van der Waals surface area contributed by atoms with E-state index in [2.05, 4.69) is 33.0 Å². The molecule has 0 amide bonds. The zero-order valence-corrected chi connectivity index (χ0v) is 15.5. The minimum absolute atomic E-state index is 0.196. The van der Waals surface area contributed by atoms with E-state index in [1.54, 1.807) is 0 Å². The van der Waals surface area contributed by atoms with Crippen molar-refractivity contribution in [2.24, 2.45) is 0 Å². The Labute approximate surface area is 159 Å². The molecule has 3 aromatic rings. The Hall–Kier alpha value is -2.40. The first-order valence-electron chi connectivity index (χ1n) is 9.98. The van der Waals surface area contributed by atoms with Gasteiger partial charge in [-0.05, 0) is 48.7 Å². The molecule has 5 rings (SSSR count). The SMILES string of the molecule is Fc1ccc(CNc2ccc3nc4n(c3c2)CCN(C2CCC2)CC4)cc1. The fourth-order valence-corrected chi connectivity index (χ4v) is 4.23. The third kappa shape index (κ3) is 3.32. The highest BCUT2D eigenvalue weighted by Gasteiger charge is 2.27. The van der Waals surface area contributed by atoms with Crippen LogP contribution in [0.25, 0.3) is 11.0 Å². The molecule has 0 unspecified atom stereocenters. The first-order valence-corrected chi connectivity index (χ1v) is 9.98. The van der Waals surface area contributed by atoms with Crippen LogP contribution in [0, 0.1) is 5.82 Å². The van der Waals surface area contributed by atoms with Crippen molar-refractivity contribution >= 4 is 16.7 Å². The van der Waals surface area contributed by atoms with Crippen LogP contribution < -0.4 is 5.32 Å². The predicted octanol–water partition coefficient (Wildman–Crippen LogP) is 4.20. The molecule has 1 aromatic heterocycles. The lowest BCUT2D eigenvalue weighted by Crippen LogP contribution is -2.41. The smallest absolute Gasteiger partial charge is 0.123 e. The molecule has 140 valence electrons. The van der Waals surface area contributed by atoms with Crippen LogP contribution in [0.5, 0.6) is 0 Å². The highest BCUT2D eigenvalue weighted by Crippen LogP contribution is 2.28. The van der Waals surface area contributed by atoms with Gasteiger partial charge in [0.05, 0.1) is 11.0 Å². The van der Waals surface area contributed by atoms with E-state index in [1.807, 2.05) is 12.1 Å². The summed E-state index contributed by atoms with van der Waals surface area (Å²) < 4.78 is 15.5. The van der Waals surface area contributed by atoms with Gasteiger partial charge in [-0.15, -0.1) is 0 Å². The minimum atomic E-state index is -0.196. The maximum absolute atomic E-state index is 13.1. The number of nitrogens with zero attached hydrogens (tertiary/aromatic N) is 3. The van der Waals surface area contributed by atoms with Crippen LogP contribution in [0.2, 0.25) is 0 Å². The number of fused-ring (bicyclic) bond motifs is 3. The molecule has 1 saturated carbocycles. The second-order valence-corrected chi connectivity index (χ2v) is 7.73. The van der Waals surface area contributed by atoms with Gasteiger partial charge in [0.2, 0.25) is 0 Å². The van der Waals surface area contributed by atoms with Gasteiger partial charge in [0.1, 0.15) is 11.6 Å². The van der Waals surface area contributed by atoms with Gasteiger partial charge in [-0.3, -0.25) is 4.90 Å². The Morgan fingerprint density at radius 1 is 1.04 bits per heavy atom. The number of rotatable bonds is 4. The number of benzene rings is 2. The Bertz CT molecular complexity index is 943. The molecule has 1 aliphatic heterocycles. The lowest BCUT2D eigenvalue weighted by Gasteiger charge is -2.36. The topological polar surface area (TPSA) is 33.1 Å². The van der Waals surface area contributed by atoms with E-state index < -0.39 is 0 Å². The third-order valence-electron chi connectivity index (χ3n) is 6.06. The summed E-state index contributed by atoms with van der Waals surface area (Å²) in [4.78, 5) is 7.54. The molecule has 0 atom stereocenters. The van der Waals surface area contributed by atoms with Gasteiger partial charge in [-0.2, -0.15) is 0 Å². The molecule has 1 N–H and O–H groups in total. The van der Waals surface area contributed by atoms with Crippen LogP contribution in [-0.4, -0.2) is 33.6 Å². The number of halogens is 1. The summed E-state index contributed by atoms with van der Waals surface area (Å²) in [6, 6.07) is 13.8. The summed E-state index contributed by atoms with van der Waals surface area (Å²) in [6.07, 6.45) is 5.14. The molecule has 1 fully saturated rings. The van der Waals surface area contributed by atoms with Crippen molar-refractivity contribution in [3.8, 4) is 0 Å². The van der Waals surface area contributed by atoms with Crippen molar-refractivity contribution in [1.82, 2.24) is 14.5 Å². The molecule has 1 aliphatic carbocycles. The molecule has 2 aliphatic rings. The Balaban J connectivity index is 1.34. The van der Waals surface area contributed by atoms with Crippen LogP contribution in [0.4, 0.5) is 10.1 Å².